The van der Waals surface area contributed by atoms with Crippen molar-refractivity contribution in [1.29, 1.82) is 0 Å². The number of nitrogens with two attached hydrogens (primary N) is 2. The van der Waals surface area contributed by atoms with Crippen molar-refractivity contribution >= 4 is 11.4 Å². The Labute approximate surface area is 72.3 Å². The fourth-order valence-corrected chi connectivity index (χ4v) is 1.13. The average molecular weight is 166 g/mol. The van der Waals surface area contributed by atoms with E-state index in [0.717, 1.165) is 22.5 Å². The van der Waals surface area contributed by atoms with Crippen LogP contribution in [-0.2, 0) is 11.3 Å². The molecule has 4 N–H and O–H groups in total. The van der Waals surface area contributed by atoms with E-state index in [9.17, 15) is 0 Å². The number of rotatable bonds is 2. The van der Waals surface area contributed by atoms with Gasteiger partial charge in [0, 0.05) is 24.0 Å². The van der Waals surface area contributed by atoms with E-state index in [4.69, 9.17) is 16.2 Å². The Morgan fingerprint density at radius 1 is 1.25 bits per heavy atom. The van der Waals surface area contributed by atoms with Gasteiger partial charge in [-0.3, -0.25) is 0 Å². The van der Waals surface area contributed by atoms with Crippen molar-refractivity contribution in [3.8, 4) is 0 Å². The predicted octanol–water partition coefficient (Wildman–Crippen LogP) is 1.31. The molecule has 0 saturated heterocycles. The molecule has 0 aliphatic rings. The lowest BCUT2D eigenvalue weighted by molar-refractivity contribution is 0.185. The van der Waals surface area contributed by atoms with Gasteiger partial charge in [0.05, 0.1) is 6.61 Å². The van der Waals surface area contributed by atoms with Gasteiger partial charge in [-0.05, 0) is 24.6 Å². The summed E-state index contributed by atoms with van der Waals surface area (Å²) in [6.07, 6.45) is 0. The molecule has 1 rings (SSSR count). The number of hydrogen-bond donors (Lipinski definition) is 2. The van der Waals surface area contributed by atoms with Gasteiger partial charge in [0.1, 0.15) is 0 Å². The fraction of sp³-hybridized carbons (Fsp3) is 0.333. The van der Waals surface area contributed by atoms with Gasteiger partial charge >= 0.3 is 0 Å². The van der Waals surface area contributed by atoms with Crippen LogP contribution in [0.4, 0.5) is 11.4 Å². The molecule has 0 aliphatic heterocycles. The number of methoxy groups -OCH3 is 1. The van der Waals surface area contributed by atoms with Crippen LogP contribution in [0.2, 0.25) is 0 Å². The van der Waals surface area contributed by atoms with Gasteiger partial charge in [0.15, 0.2) is 0 Å². The number of ether oxygens (including phenoxy) is 1. The molecular weight excluding hydrogens is 152 g/mol. The third-order valence-corrected chi connectivity index (χ3v) is 1.97. The Morgan fingerprint density at radius 2 is 1.83 bits per heavy atom. The highest BCUT2D eigenvalue weighted by Gasteiger charge is 2.04. The molecule has 0 aliphatic carbocycles. The summed E-state index contributed by atoms with van der Waals surface area (Å²) < 4.78 is 5.01. The lowest BCUT2D eigenvalue weighted by Gasteiger charge is -2.10. The highest BCUT2D eigenvalue weighted by molar-refractivity contribution is 5.61. The summed E-state index contributed by atoms with van der Waals surface area (Å²) in [6, 6.07) is 3.61. The molecule has 3 heteroatoms. The zero-order valence-electron chi connectivity index (χ0n) is 7.42. The molecule has 3 nitrogen and oxygen atoms in total. The molecule has 0 spiro atoms. The molecule has 12 heavy (non-hydrogen) atoms. The van der Waals surface area contributed by atoms with Gasteiger partial charge < -0.3 is 16.2 Å². The Morgan fingerprint density at radius 3 is 2.42 bits per heavy atom. The first kappa shape index (κ1) is 8.87. The van der Waals surface area contributed by atoms with E-state index in [-0.39, 0.29) is 0 Å². The fourth-order valence-electron chi connectivity index (χ4n) is 1.13. The smallest absolute Gasteiger partial charge is 0.0736 e. The Balaban J connectivity index is 3.14. The maximum Gasteiger partial charge on any atom is 0.0736 e. The Bertz CT molecular complexity index is 284. The largest absolute Gasteiger partial charge is 0.399 e. The van der Waals surface area contributed by atoms with E-state index in [1.54, 1.807) is 13.2 Å². The predicted molar refractivity (Wildman–Crippen MR) is 50.7 cm³/mol. The van der Waals surface area contributed by atoms with E-state index >= 15 is 0 Å². The van der Waals surface area contributed by atoms with Crippen LogP contribution in [0.25, 0.3) is 0 Å². The molecule has 0 saturated carbocycles. The molecule has 0 unspecified atom stereocenters. The van der Waals surface area contributed by atoms with E-state index in [1.807, 2.05) is 13.0 Å². The van der Waals surface area contributed by atoms with Crippen LogP contribution in [0.5, 0.6) is 0 Å². The van der Waals surface area contributed by atoms with Crippen molar-refractivity contribution in [3.05, 3.63) is 23.3 Å². The SMILES string of the molecule is COCc1c(N)ccc(N)c1C. The Hall–Kier alpha value is -1.22. The highest BCUT2D eigenvalue weighted by atomic mass is 16.5. The van der Waals surface area contributed by atoms with Crippen LogP contribution in [-0.4, -0.2) is 7.11 Å². The van der Waals surface area contributed by atoms with E-state index in [2.05, 4.69) is 0 Å². The lowest BCUT2D eigenvalue weighted by Crippen LogP contribution is -2.02. The van der Waals surface area contributed by atoms with Crippen molar-refractivity contribution in [2.24, 2.45) is 0 Å². The van der Waals surface area contributed by atoms with Gasteiger partial charge in [-0.25, -0.2) is 0 Å². The number of hydrogen-bond acceptors (Lipinski definition) is 3. The molecule has 66 valence electrons. The minimum atomic E-state index is 0.517. The molecule has 0 amide bonds. The maximum atomic E-state index is 5.74. The summed E-state index contributed by atoms with van der Waals surface area (Å²) >= 11 is 0. The second-order valence-electron chi connectivity index (χ2n) is 2.78. The van der Waals surface area contributed by atoms with Crippen LogP contribution >= 0.6 is 0 Å². The van der Waals surface area contributed by atoms with Crippen molar-refractivity contribution < 1.29 is 4.74 Å². The third kappa shape index (κ3) is 1.51. The molecule has 0 atom stereocenters. The molecule has 1 aromatic rings. The standard InChI is InChI=1S/C9H14N2O/c1-6-7(5-12-2)9(11)4-3-8(6)10/h3-4H,5,10-11H2,1-2H3. The number of anilines is 2. The molecule has 0 bridgehead atoms. The van der Waals surface area contributed by atoms with Crippen molar-refractivity contribution in [2.45, 2.75) is 13.5 Å². The molecule has 1 aromatic carbocycles. The Kier molecular flexibility index (Phi) is 2.55. The normalized spacial score (nSPS) is 10.2. The van der Waals surface area contributed by atoms with Crippen molar-refractivity contribution in [3.63, 3.8) is 0 Å². The van der Waals surface area contributed by atoms with Crippen LogP contribution in [0, 0.1) is 6.92 Å². The lowest BCUT2D eigenvalue weighted by atomic mass is 10.1. The summed E-state index contributed by atoms with van der Waals surface area (Å²) in [5.74, 6) is 0. The monoisotopic (exact) mass is 166 g/mol. The minimum Gasteiger partial charge on any atom is -0.399 e. The highest BCUT2D eigenvalue weighted by Crippen LogP contribution is 2.22. The minimum absolute atomic E-state index is 0.517. The van der Waals surface area contributed by atoms with E-state index < -0.39 is 0 Å². The first-order chi connectivity index (χ1) is 5.66. The molecular formula is C9H14N2O. The first-order valence-electron chi connectivity index (χ1n) is 3.79. The zero-order valence-corrected chi connectivity index (χ0v) is 7.42. The van der Waals surface area contributed by atoms with Gasteiger partial charge in [-0.15, -0.1) is 0 Å². The van der Waals surface area contributed by atoms with Gasteiger partial charge in [-0.2, -0.15) is 0 Å². The molecule has 0 heterocycles. The maximum absolute atomic E-state index is 5.74. The zero-order chi connectivity index (χ0) is 9.14. The summed E-state index contributed by atoms with van der Waals surface area (Å²) in [5.41, 5.74) is 14.9. The summed E-state index contributed by atoms with van der Waals surface area (Å²) in [6.45, 7) is 2.46. The van der Waals surface area contributed by atoms with E-state index in [1.165, 1.54) is 0 Å². The van der Waals surface area contributed by atoms with Gasteiger partial charge in [0.25, 0.3) is 0 Å². The van der Waals surface area contributed by atoms with Crippen LogP contribution in [0.3, 0.4) is 0 Å². The average Bonchev–Trinajstić information content (AvgIpc) is 2.06. The van der Waals surface area contributed by atoms with Crippen LogP contribution in [0.1, 0.15) is 11.1 Å². The number of benzene rings is 1. The van der Waals surface area contributed by atoms with Crippen LogP contribution in [0.15, 0.2) is 12.1 Å². The third-order valence-electron chi connectivity index (χ3n) is 1.97. The van der Waals surface area contributed by atoms with Crippen molar-refractivity contribution in [1.82, 2.24) is 0 Å². The van der Waals surface area contributed by atoms with Gasteiger partial charge in [0.2, 0.25) is 0 Å². The second-order valence-corrected chi connectivity index (χ2v) is 2.78. The second kappa shape index (κ2) is 3.45. The van der Waals surface area contributed by atoms with Gasteiger partial charge in [-0.1, -0.05) is 0 Å². The van der Waals surface area contributed by atoms with Crippen molar-refractivity contribution in [2.75, 3.05) is 18.6 Å². The summed E-state index contributed by atoms with van der Waals surface area (Å²) in [7, 11) is 1.64. The summed E-state index contributed by atoms with van der Waals surface area (Å²) in [5, 5.41) is 0. The van der Waals surface area contributed by atoms with Crippen LogP contribution < -0.4 is 11.5 Å². The first-order valence-corrected chi connectivity index (χ1v) is 3.79. The summed E-state index contributed by atoms with van der Waals surface area (Å²) in [4.78, 5) is 0. The number of nitrogen functional groups attached to an aromatic ring is 2. The van der Waals surface area contributed by atoms with E-state index in [0.29, 0.717) is 6.61 Å². The molecule has 0 aromatic heterocycles. The quantitative estimate of drug-likeness (QED) is 0.651. The molecule has 0 fully saturated rings. The topological polar surface area (TPSA) is 61.3 Å². The molecule has 0 radical (unpaired) electrons.